The predicted octanol–water partition coefficient (Wildman–Crippen LogP) is 4.33. The lowest BCUT2D eigenvalue weighted by molar-refractivity contribution is -0.131. The number of hydrogen-bond acceptors (Lipinski definition) is 4. The Bertz CT molecular complexity index is 694. The third kappa shape index (κ3) is 4.21. The number of amides is 1. The van der Waals surface area contributed by atoms with E-state index in [0.29, 0.717) is 6.54 Å². The number of benzene rings is 1. The maximum absolute atomic E-state index is 12.2. The summed E-state index contributed by atoms with van der Waals surface area (Å²) < 4.78 is 5.71. The summed E-state index contributed by atoms with van der Waals surface area (Å²) in [7, 11) is 1.99. The van der Waals surface area contributed by atoms with Crippen LogP contribution >= 0.6 is 0 Å². The molecule has 0 radical (unpaired) electrons. The molecular weight excluding hydrogens is 314 g/mol. The van der Waals surface area contributed by atoms with Crippen molar-refractivity contribution in [1.29, 1.82) is 0 Å². The van der Waals surface area contributed by atoms with E-state index in [4.69, 9.17) is 4.52 Å². The first-order chi connectivity index (χ1) is 11.9. The Morgan fingerprint density at radius 1 is 1.20 bits per heavy atom. The van der Waals surface area contributed by atoms with Crippen molar-refractivity contribution in [3.8, 4) is 11.3 Å². The first-order valence-electron chi connectivity index (χ1n) is 8.90. The summed E-state index contributed by atoms with van der Waals surface area (Å²) in [5.41, 5.74) is 2.76. The quantitative estimate of drug-likeness (QED) is 0.751. The van der Waals surface area contributed by atoms with Gasteiger partial charge in [0.25, 0.3) is 0 Å². The summed E-state index contributed by atoms with van der Waals surface area (Å²) in [4.78, 5) is 16.1. The zero-order chi connectivity index (χ0) is 18.6. The molecule has 1 atom stereocenters. The first-order valence-corrected chi connectivity index (χ1v) is 8.90. The van der Waals surface area contributed by atoms with E-state index in [0.717, 1.165) is 29.1 Å². The van der Waals surface area contributed by atoms with Crippen molar-refractivity contribution in [3.63, 3.8) is 0 Å². The first kappa shape index (κ1) is 19.0. The second-order valence-corrected chi connectivity index (χ2v) is 6.79. The van der Waals surface area contributed by atoms with Crippen LogP contribution in [0.15, 0.2) is 34.9 Å². The van der Waals surface area contributed by atoms with Crippen molar-refractivity contribution in [2.75, 3.05) is 11.9 Å². The molecule has 0 unspecified atom stereocenters. The summed E-state index contributed by atoms with van der Waals surface area (Å²) in [5.74, 6) is 0.788. The van der Waals surface area contributed by atoms with Crippen LogP contribution in [-0.4, -0.2) is 35.1 Å². The molecule has 0 aliphatic carbocycles. The molecule has 0 aliphatic rings. The van der Waals surface area contributed by atoms with Gasteiger partial charge in [0.05, 0.1) is 12.1 Å². The lowest BCUT2D eigenvalue weighted by Crippen LogP contribution is -2.37. The van der Waals surface area contributed by atoms with Gasteiger partial charge in [-0.25, -0.2) is 0 Å². The molecule has 0 fully saturated rings. The summed E-state index contributed by atoms with van der Waals surface area (Å²) in [6.07, 6.45) is 0.904. The second-order valence-electron chi connectivity index (χ2n) is 6.79. The smallest absolute Gasteiger partial charge is 0.232 e. The average Bonchev–Trinajstić information content (AvgIpc) is 3.02. The molecule has 5 heteroatoms. The van der Waals surface area contributed by atoms with E-state index in [1.807, 2.05) is 42.3 Å². The minimum atomic E-state index is 0.0627. The number of carbonyl (C=O) groups excluding carboxylic acids is 1. The lowest BCUT2D eigenvalue weighted by atomic mass is 10.1. The minimum absolute atomic E-state index is 0.0627. The molecule has 0 aliphatic heterocycles. The van der Waals surface area contributed by atoms with Crippen LogP contribution in [0.4, 0.5) is 5.88 Å². The molecule has 1 amide bonds. The van der Waals surface area contributed by atoms with Crippen LogP contribution in [0.25, 0.3) is 11.3 Å². The fraction of sp³-hybridized carbons (Fsp3) is 0.500. The standard InChI is InChI=1S/C20H29N3O2/c1-7-15(4)23(16(5)24)13-18-19(17-11-9-8-10-12-17)21-25-20(18)22(6)14(2)3/h8-12,14-15H,7,13H2,1-6H3/t15-/m0/s1. The van der Waals surface area contributed by atoms with Gasteiger partial charge in [-0.05, 0) is 27.2 Å². The van der Waals surface area contributed by atoms with Crippen LogP contribution in [0.3, 0.4) is 0 Å². The average molecular weight is 343 g/mol. The Hall–Kier alpha value is -2.30. The molecule has 136 valence electrons. The zero-order valence-corrected chi connectivity index (χ0v) is 16.1. The van der Waals surface area contributed by atoms with E-state index < -0.39 is 0 Å². The number of rotatable bonds is 7. The molecule has 2 aromatic rings. The number of hydrogen-bond donors (Lipinski definition) is 0. The SMILES string of the molecule is CC[C@H](C)N(Cc1c(-c2ccccc2)noc1N(C)C(C)C)C(C)=O. The van der Waals surface area contributed by atoms with Gasteiger partial charge in [-0.3, -0.25) is 4.79 Å². The van der Waals surface area contributed by atoms with E-state index in [9.17, 15) is 4.79 Å². The highest BCUT2D eigenvalue weighted by molar-refractivity contribution is 5.75. The Morgan fingerprint density at radius 3 is 2.36 bits per heavy atom. The Balaban J connectivity index is 2.51. The highest BCUT2D eigenvalue weighted by atomic mass is 16.5. The molecule has 25 heavy (non-hydrogen) atoms. The van der Waals surface area contributed by atoms with E-state index in [1.54, 1.807) is 6.92 Å². The maximum atomic E-state index is 12.2. The number of nitrogens with zero attached hydrogens (tertiary/aromatic N) is 3. The van der Waals surface area contributed by atoms with Crippen LogP contribution in [0.2, 0.25) is 0 Å². The fourth-order valence-electron chi connectivity index (χ4n) is 2.75. The van der Waals surface area contributed by atoms with Gasteiger partial charge < -0.3 is 14.3 Å². The van der Waals surface area contributed by atoms with Crippen LogP contribution in [0.1, 0.15) is 46.6 Å². The third-order valence-electron chi connectivity index (χ3n) is 4.77. The molecule has 0 saturated heterocycles. The topological polar surface area (TPSA) is 49.6 Å². The summed E-state index contributed by atoms with van der Waals surface area (Å²) in [6.45, 7) is 10.5. The molecule has 1 aromatic heterocycles. The van der Waals surface area contributed by atoms with E-state index in [1.165, 1.54) is 0 Å². The van der Waals surface area contributed by atoms with Crippen LogP contribution < -0.4 is 4.90 Å². The summed E-state index contributed by atoms with van der Waals surface area (Å²) in [6, 6.07) is 10.4. The van der Waals surface area contributed by atoms with Gasteiger partial charge in [0.2, 0.25) is 11.8 Å². The van der Waals surface area contributed by atoms with Gasteiger partial charge in [-0.1, -0.05) is 42.4 Å². The highest BCUT2D eigenvalue weighted by Crippen LogP contribution is 2.33. The van der Waals surface area contributed by atoms with Gasteiger partial charge in [-0.2, -0.15) is 0 Å². The van der Waals surface area contributed by atoms with Gasteiger partial charge in [0.15, 0.2) is 0 Å². The molecule has 5 nitrogen and oxygen atoms in total. The van der Waals surface area contributed by atoms with Crippen LogP contribution in [0, 0.1) is 0 Å². The Morgan fingerprint density at radius 2 is 1.84 bits per heavy atom. The third-order valence-corrected chi connectivity index (χ3v) is 4.77. The lowest BCUT2D eigenvalue weighted by Gasteiger charge is -2.29. The molecule has 0 spiro atoms. The van der Waals surface area contributed by atoms with Crippen molar-refractivity contribution in [2.24, 2.45) is 0 Å². The van der Waals surface area contributed by atoms with Crippen molar-refractivity contribution >= 4 is 11.8 Å². The molecule has 1 aromatic carbocycles. The molecular formula is C20H29N3O2. The molecule has 1 heterocycles. The highest BCUT2D eigenvalue weighted by Gasteiger charge is 2.26. The number of aromatic nitrogens is 1. The van der Waals surface area contributed by atoms with Crippen molar-refractivity contribution in [1.82, 2.24) is 10.1 Å². The van der Waals surface area contributed by atoms with Crippen LogP contribution in [-0.2, 0) is 11.3 Å². The summed E-state index contributed by atoms with van der Waals surface area (Å²) in [5, 5.41) is 4.33. The Kier molecular flexibility index (Phi) is 6.23. The van der Waals surface area contributed by atoms with Crippen molar-refractivity contribution in [3.05, 3.63) is 35.9 Å². The summed E-state index contributed by atoms with van der Waals surface area (Å²) >= 11 is 0. The normalized spacial score (nSPS) is 12.3. The molecule has 0 bridgehead atoms. The van der Waals surface area contributed by atoms with Gasteiger partial charge in [0.1, 0.15) is 5.69 Å². The Labute approximate surface area is 150 Å². The molecule has 2 rings (SSSR count). The van der Waals surface area contributed by atoms with E-state index in [2.05, 4.69) is 37.8 Å². The molecule has 0 saturated carbocycles. The van der Waals surface area contributed by atoms with Crippen molar-refractivity contribution in [2.45, 2.75) is 59.7 Å². The molecule has 0 N–H and O–H groups in total. The number of carbonyl (C=O) groups is 1. The van der Waals surface area contributed by atoms with Gasteiger partial charge in [-0.15, -0.1) is 0 Å². The second kappa shape index (κ2) is 8.19. The minimum Gasteiger partial charge on any atom is -0.341 e. The largest absolute Gasteiger partial charge is 0.341 e. The van der Waals surface area contributed by atoms with Gasteiger partial charge >= 0.3 is 0 Å². The maximum Gasteiger partial charge on any atom is 0.232 e. The number of anilines is 1. The zero-order valence-electron chi connectivity index (χ0n) is 16.1. The van der Waals surface area contributed by atoms with E-state index in [-0.39, 0.29) is 18.0 Å². The van der Waals surface area contributed by atoms with Crippen LogP contribution in [0.5, 0.6) is 0 Å². The van der Waals surface area contributed by atoms with Gasteiger partial charge in [0, 0.05) is 31.6 Å². The monoisotopic (exact) mass is 343 g/mol. The predicted molar refractivity (Wildman–Crippen MR) is 101 cm³/mol. The fourth-order valence-corrected chi connectivity index (χ4v) is 2.75. The van der Waals surface area contributed by atoms with Crippen molar-refractivity contribution < 1.29 is 9.32 Å². The van der Waals surface area contributed by atoms with E-state index >= 15 is 0 Å².